The molecule has 0 N–H and O–H groups in total. The van der Waals surface area contributed by atoms with E-state index in [1.807, 2.05) is 0 Å². The van der Waals surface area contributed by atoms with Crippen molar-refractivity contribution in [3.63, 3.8) is 0 Å². The second-order valence-electron chi connectivity index (χ2n) is 32.7. The summed E-state index contributed by atoms with van der Waals surface area (Å²) >= 11 is 0. The van der Waals surface area contributed by atoms with E-state index in [0.29, 0.717) is 0 Å². The van der Waals surface area contributed by atoms with Crippen LogP contribution in [0.3, 0.4) is 0 Å². The number of nitrogens with zero attached hydrogens (tertiary/aromatic N) is 6. The minimum absolute atomic E-state index is 1.11. The van der Waals surface area contributed by atoms with E-state index in [-0.39, 0.29) is 0 Å². The molecule has 0 radical (unpaired) electrons. The lowest BCUT2D eigenvalue weighted by Gasteiger charge is -2.28. The quantitative estimate of drug-likeness (QED) is 0.0625. The smallest absolute Gasteiger partial charge is 0.0540 e. The fourth-order valence-corrected chi connectivity index (χ4v) is 18.2. The Morgan fingerprint density at radius 3 is 0.787 bits per heavy atom. The van der Waals surface area contributed by atoms with Crippen molar-refractivity contribution in [2.75, 3.05) is 50.5 Å². The van der Waals surface area contributed by atoms with Gasteiger partial charge in [0.15, 0.2) is 0 Å². The minimum atomic E-state index is 1.11. The van der Waals surface area contributed by atoms with Gasteiger partial charge in [0.05, 0.1) is 17.1 Å². The average molecular weight is 1630 g/mol. The van der Waals surface area contributed by atoms with Gasteiger partial charge in [-0.25, -0.2) is 0 Å². The number of rotatable bonds is 18. The van der Waals surface area contributed by atoms with Crippen molar-refractivity contribution in [2.24, 2.45) is 0 Å². The number of hydrogen-bond acceptors (Lipinski definition) is 6. The van der Waals surface area contributed by atoms with Crippen LogP contribution in [0.15, 0.2) is 479 Å². The molecular weight excluding hydrogens is 1540 g/mol. The molecule has 0 aliphatic heterocycles. The van der Waals surface area contributed by atoms with Crippen molar-refractivity contribution in [2.45, 2.75) is 13.8 Å². The number of hydrogen-bond donors (Lipinski definition) is 0. The molecule has 22 aromatic carbocycles. The molecule has 0 heterocycles. The summed E-state index contributed by atoms with van der Waals surface area (Å²) < 4.78 is 0. The van der Waals surface area contributed by atoms with Crippen molar-refractivity contribution in [3.05, 3.63) is 490 Å². The summed E-state index contributed by atoms with van der Waals surface area (Å²) in [5.41, 5.74) is 27.0. The molecule has 0 aromatic heterocycles. The third-order valence-corrected chi connectivity index (χ3v) is 24.9. The van der Waals surface area contributed by atoms with Crippen LogP contribution in [0, 0.1) is 13.8 Å². The molecular formula is C121H94N6. The van der Waals surface area contributed by atoms with E-state index in [9.17, 15) is 0 Å². The van der Waals surface area contributed by atoms with Gasteiger partial charge in [-0.3, -0.25) is 0 Å². The van der Waals surface area contributed by atoms with Gasteiger partial charge in [0, 0.05) is 111 Å². The van der Waals surface area contributed by atoms with E-state index in [1.165, 1.54) is 137 Å². The molecule has 0 amide bonds. The van der Waals surface area contributed by atoms with Crippen LogP contribution in [0.25, 0.3) is 109 Å². The molecule has 0 atom stereocenters. The SMILES string of the molecule is CN(c1ccc(N(c2ccc(-c3ccccc3)cc2)c2cccc3ccccc23)cc1)c1ccc2c3cccc4cccc(c5cccc1c52)c43.Cc1ccc(N(C)c2ccc(N(c3ccc(-c4ccccc4)cc3)c3cccc4ccccc34)cc2)cc1.Cc1cccc(N(C)c2ccc(N(c3ccc(-c4ccccc4)cc3)c3cccc4ccccc34)cc2)c1. The molecule has 0 saturated heterocycles. The van der Waals surface area contributed by atoms with Gasteiger partial charge in [-0.2, -0.15) is 0 Å². The summed E-state index contributed by atoms with van der Waals surface area (Å²) in [5, 5.41) is 17.8. The summed E-state index contributed by atoms with van der Waals surface area (Å²) in [6.07, 6.45) is 0. The van der Waals surface area contributed by atoms with Gasteiger partial charge in [0.1, 0.15) is 0 Å². The Balaban J connectivity index is 0.000000122. The van der Waals surface area contributed by atoms with Gasteiger partial charge in [-0.15, -0.1) is 0 Å². The number of benzene rings is 22. The van der Waals surface area contributed by atoms with Crippen LogP contribution in [0.4, 0.5) is 85.3 Å². The highest BCUT2D eigenvalue weighted by Crippen LogP contribution is 2.48. The van der Waals surface area contributed by atoms with Crippen molar-refractivity contribution in [1.29, 1.82) is 0 Å². The Hall–Kier alpha value is -16.3. The summed E-state index contributed by atoms with van der Waals surface area (Å²) in [6.45, 7) is 4.25. The summed E-state index contributed by atoms with van der Waals surface area (Å²) in [6, 6.07) is 172. The molecule has 127 heavy (non-hydrogen) atoms. The summed E-state index contributed by atoms with van der Waals surface area (Å²) in [4.78, 5) is 13.9. The molecule has 608 valence electrons. The van der Waals surface area contributed by atoms with Gasteiger partial charge in [0.25, 0.3) is 0 Å². The standard InChI is InChI=1S/C49H34N2.2C36H30N2/c1-50(46-32-31-44-42-19-8-16-36-15-7-18-41(48(36)42)43-20-10-21-45(46)49(43)44)37-27-29-39(30-28-37)51(47-22-9-14-35-13-5-6-17-40(35)47)38-25-23-34(24-26-38)33-11-3-2-4-12-33;1-27-10-8-15-34(26-27)37(2)31-22-24-33(25-23-31)38(36-17-9-14-30-13-6-7-16-35(30)36)32-20-18-29(19-21-32)28-11-4-3-5-12-28;1-27-15-19-31(20-16-27)37(2)32-23-25-34(26-24-32)38(36-14-8-12-30-11-6-7-13-35(30)36)33-21-17-29(18-22-33)28-9-4-3-5-10-28/h2-32H,1H3;2*3-26H,1-2H3. The Morgan fingerprint density at radius 2 is 0.402 bits per heavy atom. The van der Waals surface area contributed by atoms with Gasteiger partial charge >= 0.3 is 0 Å². The highest BCUT2D eigenvalue weighted by atomic mass is 15.2. The predicted molar refractivity (Wildman–Crippen MR) is 546 cm³/mol. The Kier molecular flexibility index (Phi) is 22.0. The zero-order valence-corrected chi connectivity index (χ0v) is 71.8. The molecule has 0 spiro atoms. The maximum atomic E-state index is 2.38. The Bertz CT molecular complexity index is 7530. The molecule has 6 heteroatoms. The van der Waals surface area contributed by atoms with Crippen LogP contribution < -0.4 is 29.4 Å². The van der Waals surface area contributed by atoms with Crippen LogP contribution in [0.1, 0.15) is 11.1 Å². The maximum absolute atomic E-state index is 2.38. The van der Waals surface area contributed by atoms with Crippen LogP contribution in [-0.4, -0.2) is 21.1 Å². The predicted octanol–water partition coefficient (Wildman–Crippen LogP) is 33.9. The topological polar surface area (TPSA) is 19.4 Å². The largest absolute Gasteiger partial charge is 0.345 e. The zero-order valence-electron chi connectivity index (χ0n) is 71.8. The van der Waals surface area contributed by atoms with Gasteiger partial charge in [0.2, 0.25) is 0 Å². The third-order valence-electron chi connectivity index (χ3n) is 24.9. The van der Waals surface area contributed by atoms with Crippen molar-refractivity contribution in [1.82, 2.24) is 0 Å². The molecule has 0 aliphatic rings. The van der Waals surface area contributed by atoms with Crippen LogP contribution in [0.5, 0.6) is 0 Å². The molecule has 0 bridgehead atoms. The molecule has 22 aromatic rings. The third kappa shape index (κ3) is 16.0. The number of fused-ring (bicyclic) bond motifs is 5. The fourth-order valence-electron chi connectivity index (χ4n) is 18.2. The second-order valence-corrected chi connectivity index (χ2v) is 32.7. The van der Waals surface area contributed by atoms with Crippen molar-refractivity contribution >= 4 is 161 Å². The zero-order chi connectivity index (χ0) is 85.7. The Labute approximate surface area is 743 Å². The minimum Gasteiger partial charge on any atom is -0.345 e. The molecule has 22 rings (SSSR count). The summed E-state index contributed by atoms with van der Waals surface area (Å²) in [7, 11) is 6.42. The van der Waals surface area contributed by atoms with Gasteiger partial charge in [-0.05, 0) is 264 Å². The highest BCUT2D eigenvalue weighted by molar-refractivity contribution is 6.34. The van der Waals surface area contributed by atoms with Crippen molar-refractivity contribution < 1.29 is 0 Å². The lowest BCUT2D eigenvalue weighted by Crippen LogP contribution is -2.12. The highest BCUT2D eigenvalue weighted by Gasteiger charge is 2.23. The first-order valence-electron chi connectivity index (χ1n) is 43.6. The van der Waals surface area contributed by atoms with Crippen LogP contribution >= 0.6 is 0 Å². The second kappa shape index (κ2) is 35.3. The van der Waals surface area contributed by atoms with E-state index < -0.39 is 0 Å². The van der Waals surface area contributed by atoms with Crippen LogP contribution in [0.2, 0.25) is 0 Å². The number of aryl methyl sites for hydroxylation is 2. The Morgan fingerprint density at radius 1 is 0.142 bits per heavy atom. The first-order chi connectivity index (χ1) is 62.6. The monoisotopic (exact) mass is 1630 g/mol. The van der Waals surface area contributed by atoms with Gasteiger partial charge in [-0.1, -0.05) is 327 Å². The fraction of sp³-hybridized carbons (Fsp3) is 0.0413. The van der Waals surface area contributed by atoms with E-state index in [2.05, 4.69) is 544 Å². The molecule has 0 unspecified atom stereocenters. The number of anilines is 15. The average Bonchev–Trinajstić information content (AvgIpc) is 0.715. The summed E-state index contributed by atoms with van der Waals surface area (Å²) in [5.74, 6) is 0. The van der Waals surface area contributed by atoms with Crippen LogP contribution in [-0.2, 0) is 0 Å². The van der Waals surface area contributed by atoms with Gasteiger partial charge < -0.3 is 29.4 Å². The van der Waals surface area contributed by atoms with E-state index in [0.717, 1.165) is 68.2 Å². The first kappa shape index (κ1) is 79.2. The van der Waals surface area contributed by atoms with Crippen molar-refractivity contribution in [3.8, 4) is 33.4 Å². The molecule has 6 nitrogen and oxygen atoms in total. The normalized spacial score (nSPS) is 11.2. The van der Waals surface area contributed by atoms with E-state index in [1.54, 1.807) is 0 Å². The van der Waals surface area contributed by atoms with E-state index in [4.69, 9.17) is 0 Å². The molecule has 0 aliphatic carbocycles. The lowest BCUT2D eigenvalue weighted by atomic mass is 9.89. The molecule has 0 fully saturated rings. The maximum Gasteiger partial charge on any atom is 0.0540 e. The molecule has 0 saturated carbocycles. The first-order valence-corrected chi connectivity index (χ1v) is 43.6. The van der Waals surface area contributed by atoms with E-state index >= 15 is 0 Å². The lowest BCUT2D eigenvalue weighted by molar-refractivity contribution is 1.20.